The molecule has 1 aliphatic heterocycles. The third-order valence-electron chi connectivity index (χ3n) is 8.53. The molecule has 1 saturated heterocycles. The Morgan fingerprint density at radius 1 is 0.922 bits per heavy atom. The molecule has 4 aromatic rings. The molecule has 1 aliphatic carbocycles. The lowest BCUT2D eigenvalue weighted by molar-refractivity contribution is -0.157. The van der Waals surface area contributed by atoms with Crippen LogP contribution in [0, 0.1) is 6.92 Å². The van der Waals surface area contributed by atoms with Gasteiger partial charge in [0.15, 0.2) is 17.5 Å². The molecule has 2 aliphatic rings. The SMILES string of the molecule is Cc1ncc(-c2ccc3nc(NC(=O)CN4CCN(c5ncc(OCC(=O)OC(C)(C)C)cn5)CC4)sc3c2)cc1NC(=O)OC1CCCCC1. The monoisotopic (exact) mass is 716 g/mol. The first kappa shape index (κ1) is 35.9. The summed E-state index contributed by atoms with van der Waals surface area (Å²) in [6, 6.07) is 7.79. The van der Waals surface area contributed by atoms with E-state index in [2.05, 4.69) is 35.5 Å². The van der Waals surface area contributed by atoms with E-state index in [0.29, 0.717) is 54.4 Å². The van der Waals surface area contributed by atoms with Crippen molar-refractivity contribution in [3.63, 3.8) is 0 Å². The van der Waals surface area contributed by atoms with Gasteiger partial charge in [-0.15, -0.1) is 0 Å². The van der Waals surface area contributed by atoms with Crippen molar-refractivity contribution in [2.75, 3.05) is 54.9 Å². The zero-order valence-corrected chi connectivity index (χ0v) is 30.3. The van der Waals surface area contributed by atoms with Crippen molar-refractivity contribution in [3.05, 3.63) is 48.5 Å². The average Bonchev–Trinajstić information content (AvgIpc) is 3.50. The molecule has 2 fully saturated rings. The van der Waals surface area contributed by atoms with Gasteiger partial charge in [-0.2, -0.15) is 0 Å². The van der Waals surface area contributed by atoms with E-state index < -0.39 is 17.7 Å². The van der Waals surface area contributed by atoms with Crippen LogP contribution < -0.4 is 20.3 Å². The molecule has 270 valence electrons. The van der Waals surface area contributed by atoms with E-state index in [1.807, 2.05) is 36.1 Å². The van der Waals surface area contributed by atoms with Crippen LogP contribution >= 0.6 is 11.3 Å². The van der Waals surface area contributed by atoms with Gasteiger partial charge in [-0.05, 0) is 77.1 Å². The third kappa shape index (κ3) is 10.1. The molecule has 6 rings (SSSR count). The number of rotatable bonds is 10. The van der Waals surface area contributed by atoms with E-state index in [4.69, 9.17) is 14.2 Å². The first-order valence-electron chi connectivity index (χ1n) is 17.3. The van der Waals surface area contributed by atoms with E-state index in [9.17, 15) is 14.4 Å². The van der Waals surface area contributed by atoms with E-state index in [1.165, 1.54) is 30.2 Å². The number of piperazine rings is 1. The molecule has 2 amide bonds. The molecule has 4 heterocycles. The number of hydrogen-bond donors (Lipinski definition) is 2. The van der Waals surface area contributed by atoms with Crippen LogP contribution in [-0.4, -0.2) is 93.8 Å². The number of pyridine rings is 1. The van der Waals surface area contributed by atoms with E-state index >= 15 is 0 Å². The molecular weight excluding hydrogens is 673 g/mol. The molecule has 1 aromatic carbocycles. The number of carbonyl (C=O) groups excluding carboxylic acids is 3. The number of fused-ring (bicyclic) bond motifs is 1. The highest BCUT2D eigenvalue weighted by molar-refractivity contribution is 7.22. The molecule has 15 heteroatoms. The summed E-state index contributed by atoms with van der Waals surface area (Å²) in [7, 11) is 0. The smallest absolute Gasteiger partial charge is 0.411 e. The molecule has 0 atom stereocenters. The summed E-state index contributed by atoms with van der Waals surface area (Å²) in [4.78, 5) is 59.5. The number of nitrogens with zero attached hydrogens (tertiary/aromatic N) is 6. The van der Waals surface area contributed by atoms with Crippen LogP contribution in [0.1, 0.15) is 58.6 Å². The number of benzene rings is 1. The second kappa shape index (κ2) is 16.0. The molecule has 2 N–H and O–H groups in total. The fourth-order valence-electron chi connectivity index (χ4n) is 5.98. The first-order chi connectivity index (χ1) is 24.5. The van der Waals surface area contributed by atoms with Gasteiger partial charge < -0.3 is 24.4 Å². The minimum Gasteiger partial charge on any atom is -0.479 e. The van der Waals surface area contributed by atoms with Crippen LogP contribution in [0.2, 0.25) is 0 Å². The standard InChI is InChI=1S/C36H44N8O6S/c1-23-29(41-35(47)49-26-8-6-5-7-9-26)16-25(18-37-23)24-10-11-28-30(17-24)51-34(40-28)42-31(45)21-43-12-14-44(15-13-43)33-38-19-27(20-39-33)48-22-32(46)50-36(2,3)4/h10-11,16-20,26H,5-9,12-15,21-22H2,1-4H3,(H,41,47)(H,40,42,45). The van der Waals surface area contributed by atoms with Gasteiger partial charge >= 0.3 is 12.1 Å². The molecule has 0 spiro atoms. The zero-order valence-electron chi connectivity index (χ0n) is 29.4. The van der Waals surface area contributed by atoms with Gasteiger partial charge in [0, 0.05) is 37.9 Å². The maximum Gasteiger partial charge on any atom is 0.411 e. The van der Waals surface area contributed by atoms with Crippen molar-refractivity contribution in [2.45, 2.75) is 71.5 Å². The van der Waals surface area contributed by atoms with Crippen LogP contribution in [0.25, 0.3) is 21.3 Å². The highest BCUT2D eigenvalue weighted by atomic mass is 32.1. The molecule has 3 aromatic heterocycles. The van der Waals surface area contributed by atoms with Gasteiger partial charge in [0.2, 0.25) is 11.9 Å². The number of thiazole rings is 1. The van der Waals surface area contributed by atoms with Gasteiger partial charge in [0.25, 0.3) is 0 Å². The molecule has 51 heavy (non-hydrogen) atoms. The summed E-state index contributed by atoms with van der Waals surface area (Å²) in [6.07, 6.45) is 9.55. The van der Waals surface area contributed by atoms with Gasteiger partial charge in [0.05, 0.1) is 40.5 Å². The fraction of sp³-hybridized carbons (Fsp3) is 0.472. The number of esters is 1. The molecule has 1 saturated carbocycles. The van der Waals surface area contributed by atoms with Gasteiger partial charge in [0.1, 0.15) is 11.7 Å². The number of nitrogens with one attached hydrogen (secondary N) is 2. The van der Waals surface area contributed by atoms with Crippen LogP contribution in [0.5, 0.6) is 5.75 Å². The maximum absolute atomic E-state index is 13.0. The van der Waals surface area contributed by atoms with E-state index in [0.717, 1.165) is 47.0 Å². The molecule has 0 radical (unpaired) electrons. The molecule has 14 nitrogen and oxygen atoms in total. The maximum atomic E-state index is 13.0. The van der Waals surface area contributed by atoms with Crippen LogP contribution in [0.4, 0.5) is 21.6 Å². The molecule has 0 unspecified atom stereocenters. The quantitative estimate of drug-likeness (QED) is 0.190. The second-order valence-electron chi connectivity index (χ2n) is 13.8. The third-order valence-corrected chi connectivity index (χ3v) is 9.46. The van der Waals surface area contributed by atoms with Crippen molar-refractivity contribution in [3.8, 4) is 16.9 Å². The second-order valence-corrected chi connectivity index (χ2v) is 14.8. The van der Waals surface area contributed by atoms with E-state index in [-0.39, 0.29) is 25.2 Å². The largest absolute Gasteiger partial charge is 0.479 e. The number of amides is 2. The lowest BCUT2D eigenvalue weighted by Gasteiger charge is -2.34. The number of carbonyl (C=O) groups is 3. The number of anilines is 3. The van der Waals surface area contributed by atoms with Crippen LogP contribution in [0.3, 0.4) is 0 Å². The number of aryl methyl sites for hydroxylation is 1. The minimum atomic E-state index is -0.580. The topological polar surface area (TPSA) is 161 Å². The van der Waals surface area contributed by atoms with Gasteiger partial charge in [-0.3, -0.25) is 20.0 Å². The first-order valence-corrected chi connectivity index (χ1v) is 18.1. The van der Waals surface area contributed by atoms with Crippen LogP contribution in [-0.2, 0) is 19.1 Å². The van der Waals surface area contributed by atoms with Crippen molar-refractivity contribution in [1.82, 2.24) is 24.8 Å². The van der Waals surface area contributed by atoms with Crippen molar-refractivity contribution in [2.24, 2.45) is 0 Å². The highest BCUT2D eigenvalue weighted by Gasteiger charge is 2.23. The summed E-state index contributed by atoms with van der Waals surface area (Å²) >= 11 is 1.41. The Bertz CT molecular complexity index is 1850. The van der Waals surface area contributed by atoms with Crippen molar-refractivity contribution < 1.29 is 28.6 Å². The summed E-state index contributed by atoms with van der Waals surface area (Å²) in [5.41, 5.74) is 3.28. The Kier molecular flexibility index (Phi) is 11.3. The Hall–Kier alpha value is -4.89. The average molecular weight is 717 g/mol. The summed E-state index contributed by atoms with van der Waals surface area (Å²) < 4.78 is 17.3. The molecule has 0 bridgehead atoms. The van der Waals surface area contributed by atoms with E-state index in [1.54, 1.807) is 27.0 Å². The molecular formula is C36H44N8O6S. The minimum absolute atomic E-state index is 0.0321. The normalized spacial score (nSPS) is 15.7. The predicted molar refractivity (Wildman–Crippen MR) is 195 cm³/mol. The zero-order chi connectivity index (χ0) is 36.0. The summed E-state index contributed by atoms with van der Waals surface area (Å²) in [5, 5.41) is 6.37. The number of aromatic nitrogens is 4. The van der Waals surface area contributed by atoms with Crippen LogP contribution in [0.15, 0.2) is 42.9 Å². The lowest BCUT2D eigenvalue weighted by atomic mass is 9.98. The summed E-state index contributed by atoms with van der Waals surface area (Å²) in [6.45, 7) is 9.90. The lowest BCUT2D eigenvalue weighted by Crippen LogP contribution is -2.49. The highest BCUT2D eigenvalue weighted by Crippen LogP contribution is 2.32. The summed E-state index contributed by atoms with van der Waals surface area (Å²) in [5.74, 6) is 0.346. The van der Waals surface area contributed by atoms with Crippen molar-refractivity contribution >= 4 is 56.3 Å². The number of hydrogen-bond acceptors (Lipinski definition) is 13. The fourth-order valence-corrected chi connectivity index (χ4v) is 6.90. The van der Waals surface area contributed by atoms with Gasteiger partial charge in [-0.25, -0.2) is 24.5 Å². The number of ether oxygens (including phenoxy) is 3. The Balaban J connectivity index is 0.979. The predicted octanol–water partition coefficient (Wildman–Crippen LogP) is 5.82. The van der Waals surface area contributed by atoms with Crippen molar-refractivity contribution in [1.29, 1.82) is 0 Å². The van der Waals surface area contributed by atoms with Gasteiger partial charge in [-0.1, -0.05) is 23.8 Å². The Morgan fingerprint density at radius 3 is 2.39 bits per heavy atom. The Labute approximate surface area is 300 Å². The Morgan fingerprint density at radius 2 is 1.67 bits per heavy atom.